The van der Waals surface area contributed by atoms with Crippen molar-refractivity contribution in [1.29, 1.82) is 5.26 Å². The fourth-order valence-electron chi connectivity index (χ4n) is 2.69. The standard InChI is InChI=1S/C14H16BrFN2/c1-2-18(11-5-3-4-6-11)12-8-7-10(9-17)13(15)14(12)16/h7-8,11H,2-6H2,1H3. The lowest BCUT2D eigenvalue weighted by molar-refractivity contribution is 0.574. The van der Waals surface area contributed by atoms with Gasteiger partial charge in [-0.15, -0.1) is 0 Å². The Kier molecular flexibility index (Phi) is 4.23. The summed E-state index contributed by atoms with van der Waals surface area (Å²) < 4.78 is 14.6. The first-order valence-corrected chi connectivity index (χ1v) is 7.13. The van der Waals surface area contributed by atoms with Crippen LogP contribution in [0.25, 0.3) is 0 Å². The average molecular weight is 311 g/mol. The first-order chi connectivity index (χ1) is 8.69. The summed E-state index contributed by atoms with van der Waals surface area (Å²) in [5.74, 6) is -0.317. The Balaban J connectivity index is 2.37. The van der Waals surface area contributed by atoms with Crippen molar-refractivity contribution < 1.29 is 4.39 Å². The van der Waals surface area contributed by atoms with Crippen LogP contribution in [0, 0.1) is 17.1 Å². The second-order valence-electron chi connectivity index (χ2n) is 4.60. The molecular formula is C14H16BrFN2. The summed E-state index contributed by atoms with van der Waals surface area (Å²) >= 11 is 3.17. The maximum Gasteiger partial charge on any atom is 0.161 e. The minimum Gasteiger partial charge on any atom is -0.366 e. The molecule has 0 aliphatic heterocycles. The molecule has 0 N–H and O–H groups in total. The summed E-state index contributed by atoms with van der Waals surface area (Å²) in [6, 6.07) is 5.82. The maximum atomic E-state index is 14.3. The van der Waals surface area contributed by atoms with E-state index >= 15 is 0 Å². The van der Waals surface area contributed by atoms with Gasteiger partial charge in [0.25, 0.3) is 0 Å². The maximum absolute atomic E-state index is 14.3. The molecule has 1 saturated carbocycles. The van der Waals surface area contributed by atoms with Crippen LogP contribution in [0.4, 0.5) is 10.1 Å². The minimum absolute atomic E-state index is 0.277. The van der Waals surface area contributed by atoms with Gasteiger partial charge in [0.1, 0.15) is 6.07 Å². The van der Waals surface area contributed by atoms with Crippen LogP contribution in [-0.2, 0) is 0 Å². The van der Waals surface area contributed by atoms with Crippen LogP contribution in [0.1, 0.15) is 38.2 Å². The third-order valence-electron chi connectivity index (χ3n) is 3.60. The van der Waals surface area contributed by atoms with E-state index in [9.17, 15) is 4.39 Å². The van der Waals surface area contributed by atoms with Gasteiger partial charge < -0.3 is 4.90 Å². The van der Waals surface area contributed by atoms with Crippen molar-refractivity contribution in [1.82, 2.24) is 0 Å². The molecule has 0 saturated heterocycles. The second kappa shape index (κ2) is 5.71. The fourth-order valence-corrected chi connectivity index (χ4v) is 3.11. The number of anilines is 1. The molecule has 2 nitrogen and oxygen atoms in total. The van der Waals surface area contributed by atoms with Crippen LogP contribution >= 0.6 is 15.9 Å². The highest BCUT2D eigenvalue weighted by atomic mass is 79.9. The summed E-state index contributed by atoms with van der Waals surface area (Å²) in [6.07, 6.45) is 4.70. The van der Waals surface area contributed by atoms with E-state index in [0.29, 0.717) is 17.3 Å². The Labute approximate surface area is 116 Å². The van der Waals surface area contributed by atoms with Crippen molar-refractivity contribution in [3.05, 3.63) is 28.0 Å². The number of nitriles is 1. The Morgan fingerprint density at radius 3 is 2.67 bits per heavy atom. The van der Waals surface area contributed by atoms with Crippen LogP contribution in [-0.4, -0.2) is 12.6 Å². The molecule has 0 bridgehead atoms. The lowest BCUT2D eigenvalue weighted by Gasteiger charge is -2.30. The molecular weight excluding hydrogens is 295 g/mol. The molecule has 1 fully saturated rings. The Hall–Kier alpha value is -1.08. The molecule has 18 heavy (non-hydrogen) atoms. The number of halogens is 2. The normalized spacial score (nSPS) is 15.7. The predicted octanol–water partition coefficient (Wildman–Crippen LogP) is 4.23. The lowest BCUT2D eigenvalue weighted by Crippen LogP contribution is -2.33. The molecule has 4 heteroatoms. The minimum atomic E-state index is -0.317. The molecule has 0 atom stereocenters. The molecule has 1 aliphatic carbocycles. The number of hydrogen-bond acceptors (Lipinski definition) is 2. The molecule has 0 heterocycles. The number of nitrogens with zero attached hydrogens (tertiary/aromatic N) is 2. The van der Waals surface area contributed by atoms with Gasteiger partial charge >= 0.3 is 0 Å². The van der Waals surface area contributed by atoms with Crippen molar-refractivity contribution in [3.63, 3.8) is 0 Å². The monoisotopic (exact) mass is 310 g/mol. The summed E-state index contributed by atoms with van der Waals surface area (Å²) in [7, 11) is 0. The van der Waals surface area contributed by atoms with E-state index in [0.717, 1.165) is 19.4 Å². The second-order valence-corrected chi connectivity index (χ2v) is 5.39. The van der Waals surface area contributed by atoms with Crippen molar-refractivity contribution in [2.75, 3.05) is 11.4 Å². The van der Waals surface area contributed by atoms with Gasteiger partial charge in [-0.25, -0.2) is 4.39 Å². The van der Waals surface area contributed by atoms with Crippen molar-refractivity contribution in [2.45, 2.75) is 38.6 Å². The van der Waals surface area contributed by atoms with E-state index in [2.05, 4.69) is 20.8 Å². The van der Waals surface area contributed by atoms with Gasteiger partial charge in [-0.05, 0) is 47.8 Å². The van der Waals surface area contributed by atoms with Crippen LogP contribution in [0.5, 0.6) is 0 Å². The van der Waals surface area contributed by atoms with Crippen LogP contribution in [0.3, 0.4) is 0 Å². The van der Waals surface area contributed by atoms with E-state index < -0.39 is 0 Å². The summed E-state index contributed by atoms with van der Waals surface area (Å²) in [4.78, 5) is 2.12. The van der Waals surface area contributed by atoms with Crippen molar-refractivity contribution >= 4 is 21.6 Å². The van der Waals surface area contributed by atoms with Gasteiger partial charge in [-0.2, -0.15) is 5.26 Å². The van der Waals surface area contributed by atoms with Crippen molar-refractivity contribution in [3.8, 4) is 6.07 Å². The highest BCUT2D eigenvalue weighted by Gasteiger charge is 2.25. The quantitative estimate of drug-likeness (QED) is 0.835. The van der Waals surface area contributed by atoms with Crippen molar-refractivity contribution in [2.24, 2.45) is 0 Å². The topological polar surface area (TPSA) is 27.0 Å². The first-order valence-electron chi connectivity index (χ1n) is 6.33. The molecule has 0 radical (unpaired) electrons. The summed E-state index contributed by atoms with van der Waals surface area (Å²) in [6.45, 7) is 2.84. The predicted molar refractivity (Wildman–Crippen MR) is 74.1 cm³/mol. The van der Waals surface area contributed by atoms with Crippen LogP contribution in [0.2, 0.25) is 0 Å². The third kappa shape index (κ3) is 2.37. The Morgan fingerprint density at radius 1 is 1.44 bits per heavy atom. The average Bonchev–Trinajstić information content (AvgIpc) is 2.89. The molecule has 1 aromatic carbocycles. The third-order valence-corrected chi connectivity index (χ3v) is 4.37. The van der Waals surface area contributed by atoms with Gasteiger partial charge in [0.05, 0.1) is 15.7 Å². The zero-order valence-corrected chi connectivity index (χ0v) is 12.0. The van der Waals surface area contributed by atoms with Gasteiger partial charge in [0.15, 0.2) is 5.82 Å². The summed E-state index contributed by atoms with van der Waals surface area (Å²) in [5, 5.41) is 8.88. The smallest absolute Gasteiger partial charge is 0.161 e. The van der Waals surface area contributed by atoms with Gasteiger partial charge in [0, 0.05) is 12.6 Å². The Morgan fingerprint density at radius 2 is 2.11 bits per heavy atom. The molecule has 0 unspecified atom stereocenters. The summed E-state index contributed by atoms with van der Waals surface area (Å²) in [5.41, 5.74) is 0.953. The Bertz CT molecular complexity index is 475. The van der Waals surface area contributed by atoms with Gasteiger partial charge in [0.2, 0.25) is 0 Å². The number of hydrogen-bond donors (Lipinski definition) is 0. The van der Waals surface area contributed by atoms with Crippen LogP contribution < -0.4 is 4.90 Å². The lowest BCUT2D eigenvalue weighted by atomic mass is 10.1. The molecule has 2 rings (SSSR count). The SMILES string of the molecule is CCN(c1ccc(C#N)c(Br)c1F)C1CCCC1. The molecule has 1 aliphatic rings. The number of rotatable bonds is 3. The zero-order valence-electron chi connectivity index (χ0n) is 10.4. The zero-order chi connectivity index (χ0) is 13.1. The van der Waals surface area contributed by atoms with E-state index in [1.54, 1.807) is 12.1 Å². The first kappa shape index (κ1) is 13.4. The van der Waals surface area contributed by atoms with E-state index in [1.165, 1.54) is 12.8 Å². The highest BCUT2D eigenvalue weighted by Crippen LogP contribution is 2.33. The number of benzene rings is 1. The molecule has 1 aromatic rings. The van der Waals surface area contributed by atoms with Crippen LogP contribution in [0.15, 0.2) is 16.6 Å². The molecule has 0 aromatic heterocycles. The largest absolute Gasteiger partial charge is 0.366 e. The van der Waals surface area contributed by atoms with E-state index in [-0.39, 0.29) is 10.3 Å². The fraction of sp³-hybridized carbons (Fsp3) is 0.500. The molecule has 96 valence electrons. The van der Waals surface area contributed by atoms with Gasteiger partial charge in [-0.1, -0.05) is 12.8 Å². The highest BCUT2D eigenvalue weighted by molar-refractivity contribution is 9.10. The van der Waals surface area contributed by atoms with Gasteiger partial charge in [-0.3, -0.25) is 0 Å². The molecule has 0 amide bonds. The van der Waals surface area contributed by atoms with E-state index in [4.69, 9.17) is 5.26 Å². The molecule has 0 spiro atoms. The van der Waals surface area contributed by atoms with E-state index in [1.807, 2.05) is 13.0 Å².